The van der Waals surface area contributed by atoms with E-state index >= 15 is 0 Å². The molecule has 0 saturated carbocycles. The molecule has 18 heavy (non-hydrogen) atoms. The average Bonchev–Trinajstić information content (AvgIpc) is 2.40. The number of aromatic nitrogens is 1. The lowest BCUT2D eigenvalue weighted by molar-refractivity contribution is 0.297. The van der Waals surface area contributed by atoms with Crippen molar-refractivity contribution >= 4 is 15.9 Å². The smallest absolute Gasteiger partial charge is 0.130 e. The minimum absolute atomic E-state index is 0.170. The van der Waals surface area contributed by atoms with Gasteiger partial charge in [-0.25, -0.2) is 0 Å². The third kappa shape index (κ3) is 3.82. The zero-order chi connectivity index (χ0) is 12.8. The summed E-state index contributed by atoms with van der Waals surface area (Å²) in [5, 5.41) is 8.82. The second-order valence-corrected chi connectivity index (χ2v) is 4.79. The number of halogens is 1. The molecule has 2 aromatic rings. The van der Waals surface area contributed by atoms with Crippen LogP contribution >= 0.6 is 15.9 Å². The summed E-state index contributed by atoms with van der Waals surface area (Å²) in [5.41, 5.74) is 1.99. The summed E-state index contributed by atoms with van der Waals surface area (Å²) in [6.45, 7) is 0.621. The van der Waals surface area contributed by atoms with E-state index in [-0.39, 0.29) is 6.61 Å². The minimum Gasteiger partial charge on any atom is -0.487 e. The zero-order valence-corrected chi connectivity index (χ0v) is 11.4. The summed E-state index contributed by atoms with van der Waals surface area (Å²) in [7, 11) is 0. The number of hydrogen-bond acceptors (Lipinski definition) is 3. The van der Waals surface area contributed by atoms with E-state index in [1.165, 1.54) is 0 Å². The van der Waals surface area contributed by atoms with Crippen LogP contribution in [0.5, 0.6) is 5.75 Å². The molecule has 0 fully saturated rings. The predicted octanol–water partition coefficient (Wildman–Crippen LogP) is 2.96. The van der Waals surface area contributed by atoms with Gasteiger partial charge in [-0.2, -0.15) is 0 Å². The van der Waals surface area contributed by atoms with Crippen LogP contribution in [0.2, 0.25) is 0 Å². The molecular weight excluding hydrogens is 294 g/mol. The molecule has 94 valence electrons. The third-order valence-electron chi connectivity index (χ3n) is 2.50. The Morgan fingerprint density at radius 2 is 1.89 bits per heavy atom. The largest absolute Gasteiger partial charge is 0.487 e. The van der Waals surface area contributed by atoms with E-state index in [4.69, 9.17) is 9.84 Å². The molecule has 0 saturated heterocycles. The molecular formula is C14H14BrNO2. The van der Waals surface area contributed by atoms with Crippen LogP contribution in [-0.4, -0.2) is 16.7 Å². The maximum atomic E-state index is 8.82. The van der Waals surface area contributed by atoms with Gasteiger partial charge in [-0.05, 0) is 52.2 Å². The Morgan fingerprint density at radius 3 is 2.50 bits per heavy atom. The average molecular weight is 308 g/mol. The first kappa shape index (κ1) is 13.1. The SMILES string of the molecule is OCCc1ccc(OCc2ccc(Br)cn2)cc1. The highest BCUT2D eigenvalue weighted by atomic mass is 79.9. The lowest BCUT2D eigenvalue weighted by Gasteiger charge is -2.06. The molecule has 0 spiro atoms. The van der Waals surface area contributed by atoms with Gasteiger partial charge in [0, 0.05) is 17.3 Å². The van der Waals surface area contributed by atoms with E-state index in [9.17, 15) is 0 Å². The number of ether oxygens (including phenoxy) is 1. The van der Waals surface area contributed by atoms with Crippen molar-refractivity contribution in [1.82, 2.24) is 4.98 Å². The lowest BCUT2D eigenvalue weighted by Crippen LogP contribution is -1.98. The number of rotatable bonds is 5. The molecule has 2 rings (SSSR count). The van der Waals surface area contributed by atoms with Crippen LogP contribution in [0.1, 0.15) is 11.3 Å². The van der Waals surface area contributed by atoms with Crippen LogP contribution in [0.3, 0.4) is 0 Å². The van der Waals surface area contributed by atoms with Crippen LogP contribution in [0.25, 0.3) is 0 Å². The number of benzene rings is 1. The lowest BCUT2D eigenvalue weighted by atomic mass is 10.1. The van der Waals surface area contributed by atoms with Crippen LogP contribution in [0.15, 0.2) is 47.1 Å². The second-order valence-electron chi connectivity index (χ2n) is 3.87. The highest BCUT2D eigenvalue weighted by Gasteiger charge is 1.98. The molecule has 0 aliphatic carbocycles. The molecule has 3 nitrogen and oxygen atoms in total. The molecule has 0 aliphatic rings. The van der Waals surface area contributed by atoms with Gasteiger partial charge in [0.25, 0.3) is 0 Å². The molecule has 1 N–H and O–H groups in total. The fourth-order valence-corrected chi connectivity index (χ4v) is 1.77. The van der Waals surface area contributed by atoms with Gasteiger partial charge in [-0.1, -0.05) is 12.1 Å². The van der Waals surface area contributed by atoms with Gasteiger partial charge in [0.1, 0.15) is 12.4 Å². The van der Waals surface area contributed by atoms with E-state index in [0.29, 0.717) is 13.0 Å². The molecule has 1 aromatic heterocycles. The number of aliphatic hydroxyl groups is 1. The molecule has 4 heteroatoms. The van der Waals surface area contributed by atoms with Gasteiger partial charge in [0.05, 0.1) is 5.69 Å². The van der Waals surface area contributed by atoms with E-state index in [1.807, 2.05) is 36.4 Å². The Balaban J connectivity index is 1.91. The molecule has 1 aromatic carbocycles. The van der Waals surface area contributed by atoms with Gasteiger partial charge in [-0.3, -0.25) is 4.98 Å². The summed E-state index contributed by atoms with van der Waals surface area (Å²) in [6, 6.07) is 11.6. The molecule has 0 aliphatic heterocycles. The Morgan fingerprint density at radius 1 is 1.11 bits per heavy atom. The minimum atomic E-state index is 0.170. The van der Waals surface area contributed by atoms with Crippen molar-refractivity contribution in [2.45, 2.75) is 13.0 Å². The van der Waals surface area contributed by atoms with Gasteiger partial charge >= 0.3 is 0 Å². The number of pyridine rings is 1. The Hall–Kier alpha value is -1.39. The first-order chi connectivity index (χ1) is 8.78. The molecule has 1 heterocycles. The zero-order valence-electron chi connectivity index (χ0n) is 9.84. The monoisotopic (exact) mass is 307 g/mol. The first-order valence-electron chi connectivity index (χ1n) is 5.71. The fourth-order valence-electron chi connectivity index (χ4n) is 1.53. The molecule has 0 atom stereocenters. The van der Waals surface area contributed by atoms with E-state index in [1.54, 1.807) is 6.20 Å². The number of hydrogen-bond donors (Lipinski definition) is 1. The van der Waals surface area contributed by atoms with E-state index < -0.39 is 0 Å². The number of aliphatic hydroxyl groups excluding tert-OH is 1. The van der Waals surface area contributed by atoms with Crippen molar-refractivity contribution in [3.8, 4) is 5.75 Å². The van der Waals surface area contributed by atoms with Crippen molar-refractivity contribution in [3.63, 3.8) is 0 Å². The first-order valence-corrected chi connectivity index (χ1v) is 6.50. The summed E-state index contributed by atoms with van der Waals surface area (Å²) in [6.07, 6.45) is 2.43. The molecule has 0 unspecified atom stereocenters. The summed E-state index contributed by atoms with van der Waals surface area (Å²) >= 11 is 3.34. The Bertz CT molecular complexity index is 482. The van der Waals surface area contributed by atoms with Gasteiger partial charge in [-0.15, -0.1) is 0 Å². The summed E-state index contributed by atoms with van der Waals surface area (Å²) < 4.78 is 6.58. The van der Waals surface area contributed by atoms with E-state index in [0.717, 1.165) is 21.5 Å². The van der Waals surface area contributed by atoms with Gasteiger partial charge in [0.2, 0.25) is 0 Å². The van der Waals surface area contributed by atoms with Crippen molar-refractivity contribution in [1.29, 1.82) is 0 Å². The van der Waals surface area contributed by atoms with Crippen molar-refractivity contribution in [2.75, 3.05) is 6.61 Å². The molecule has 0 bridgehead atoms. The quantitative estimate of drug-likeness (QED) is 0.923. The standard InChI is InChI=1S/C14H14BrNO2/c15-12-3-4-13(16-9-12)10-18-14-5-1-11(2-6-14)7-8-17/h1-6,9,17H,7-8,10H2. The fraction of sp³-hybridized carbons (Fsp3) is 0.214. The van der Waals surface area contributed by atoms with Crippen LogP contribution in [0.4, 0.5) is 0 Å². The Labute approximate surface area is 115 Å². The maximum Gasteiger partial charge on any atom is 0.130 e. The summed E-state index contributed by atoms with van der Waals surface area (Å²) in [5.74, 6) is 0.807. The summed E-state index contributed by atoms with van der Waals surface area (Å²) in [4.78, 5) is 4.24. The number of nitrogens with zero attached hydrogens (tertiary/aromatic N) is 1. The molecule has 0 amide bonds. The topological polar surface area (TPSA) is 42.4 Å². The third-order valence-corrected chi connectivity index (χ3v) is 2.97. The van der Waals surface area contributed by atoms with E-state index in [2.05, 4.69) is 20.9 Å². The van der Waals surface area contributed by atoms with Gasteiger partial charge < -0.3 is 9.84 Å². The molecule has 0 radical (unpaired) electrons. The highest BCUT2D eigenvalue weighted by molar-refractivity contribution is 9.10. The Kier molecular flexibility index (Phi) is 4.73. The predicted molar refractivity (Wildman–Crippen MR) is 73.5 cm³/mol. The maximum absolute atomic E-state index is 8.82. The van der Waals surface area contributed by atoms with Crippen LogP contribution in [-0.2, 0) is 13.0 Å². The van der Waals surface area contributed by atoms with Gasteiger partial charge in [0.15, 0.2) is 0 Å². The highest BCUT2D eigenvalue weighted by Crippen LogP contribution is 2.14. The van der Waals surface area contributed by atoms with Crippen LogP contribution in [0, 0.1) is 0 Å². The van der Waals surface area contributed by atoms with Crippen molar-refractivity contribution < 1.29 is 9.84 Å². The van der Waals surface area contributed by atoms with Crippen molar-refractivity contribution in [3.05, 3.63) is 58.3 Å². The normalized spacial score (nSPS) is 10.3. The second kappa shape index (κ2) is 6.52. The van der Waals surface area contributed by atoms with Crippen molar-refractivity contribution in [2.24, 2.45) is 0 Å². The van der Waals surface area contributed by atoms with Crippen LogP contribution < -0.4 is 4.74 Å².